The van der Waals surface area contributed by atoms with Gasteiger partial charge >= 0.3 is 0 Å². The van der Waals surface area contributed by atoms with Gasteiger partial charge in [-0.2, -0.15) is 0 Å². The highest BCUT2D eigenvalue weighted by Crippen LogP contribution is 2.22. The van der Waals surface area contributed by atoms with Crippen LogP contribution in [-0.2, 0) is 25.7 Å². The minimum Gasteiger partial charge on any atom is -0.0683 e. The lowest BCUT2D eigenvalue weighted by Crippen LogP contribution is -1.92. The van der Waals surface area contributed by atoms with Crippen molar-refractivity contribution in [3.8, 4) is 0 Å². The van der Waals surface area contributed by atoms with E-state index in [4.69, 9.17) is 0 Å². The largest absolute Gasteiger partial charge is 0.0683 e. The zero-order valence-corrected chi connectivity index (χ0v) is 21.1. The fourth-order valence-electron chi connectivity index (χ4n) is 4.60. The van der Waals surface area contributed by atoms with Crippen molar-refractivity contribution < 1.29 is 0 Å². The van der Waals surface area contributed by atoms with E-state index in [0.717, 1.165) is 25.7 Å². The molecule has 0 aliphatic rings. The number of aryl methyl sites for hydroxylation is 2. The molecule has 34 heavy (non-hydrogen) atoms. The van der Waals surface area contributed by atoms with E-state index < -0.39 is 0 Å². The van der Waals surface area contributed by atoms with Crippen LogP contribution in [0.5, 0.6) is 0 Å². The zero-order valence-electron chi connectivity index (χ0n) is 21.1. The van der Waals surface area contributed by atoms with Gasteiger partial charge in [-0.05, 0) is 80.6 Å². The number of rotatable bonds is 6. The van der Waals surface area contributed by atoms with E-state index in [-0.39, 0.29) is 0 Å². The van der Waals surface area contributed by atoms with Crippen LogP contribution in [0.3, 0.4) is 0 Å². The topological polar surface area (TPSA) is 0 Å². The highest BCUT2D eigenvalue weighted by Gasteiger charge is 2.03. The number of hydrogen-bond donors (Lipinski definition) is 0. The van der Waals surface area contributed by atoms with E-state index >= 15 is 0 Å². The Bertz CT molecular complexity index is 1260. The van der Waals surface area contributed by atoms with Crippen molar-refractivity contribution in [2.45, 2.75) is 53.4 Å². The minimum absolute atomic E-state index is 0.974. The Morgan fingerprint density at radius 1 is 0.353 bits per heavy atom. The fraction of sp³-hybridized carbons (Fsp3) is 0.235. The molecule has 5 aromatic rings. The Kier molecular flexibility index (Phi) is 7.80. The standard InChI is InChI=1S/C32H30.C2H6/c1-3-23-9-13-31-21-27(11-15-29(31)19-23)17-25-5-7-26(8-6-25)18-28-12-16-30-20-24(4-2)10-14-32(30)22-28;1-2/h5-16,19-22H,3-4,17-18H2,1-2H3;1-2H3. The molecular weight excluding hydrogens is 408 g/mol. The summed E-state index contributed by atoms with van der Waals surface area (Å²) in [6.45, 7) is 8.42. The monoisotopic (exact) mass is 444 g/mol. The lowest BCUT2D eigenvalue weighted by atomic mass is 9.97. The van der Waals surface area contributed by atoms with E-state index in [9.17, 15) is 0 Å². The fourth-order valence-corrected chi connectivity index (χ4v) is 4.60. The van der Waals surface area contributed by atoms with Crippen LogP contribution in [0.2, 0.25) is 0 Å². The van der Waals surface area contributed by atoms with Crippen molar-refractivity contribution in [1.82, 2.24) is 0 Å². The second-order valence-electron chi connectivity index (χ2n) is 8.91. The summed E-state index contributed by atoms with van der Waals surface area (Å²) in [5, 5.41) is 5.34. The Labute approximate surface area is 205 Å². The SMILES string of the molecule is CC.CCc1ccc2cc(Cc3ccc(Cc4ccc5cc(CC)ccc5c4)cc3)ccc2c1. The Morgan fingerprint density at radius 3 is 0.941 bits per heavy atom. The predicted octanol–water partition coefficient (Wildman–Crippen LogP) is 9.33. The third-order valence-corrected chi connectivity index (χ3v) is 6.59. The molecule has 0 aromatic heterocycles. The maximum atomic E-state index is 2.34. The minimum atomic E-state index is 0.974. The average molecular weight is 445 g/mol. The summed E-state index contributed by atoms with van der Waals surface area (Å²) in [5.41, 5.74) is 8.27. The van der Waals surface area contributed by atoms with Gasteiger partial charge in [0.1, 0.15) is 0 Å². The molecule has 0 amide bonds. The quantitative estimate of drug-likeness (QED) is 0.245. The summed E-state index contributed by atoms with van der Waals surface area (Å²) in [4.78, 5) is 0. The van der Waals surface area contributed by atoms with E-state index in [1.54, 1.807) is 0 Å². The molecule has 5 aromatic carbocycles. The van der Waals surface area contributed by atoms with Gasteiger partial charge in [0.05, 0.1) is 0 Å². The summed E-state index contributed by atoms with van der Waals surface area (Å²) in [6.07, 6.45) is 4.12. The van der Waals surface area contributed by atoms with Crippen LogP contribution < -0.4 is 0 Å². The average Bonchev–Trinajstić information content (AvgIpc) is 2.90. The highest BCUT2D eigenvalue weighted by molar-refractivity contribution is 5.84. The first-order chi connectivity index (χ1) is 16.7. The van der Waals surface area contributed by atoms with Gasteiger partial charge in [0.25, 0.3) is 0 Å². The van der Waals surface area contributed by atoms with Crippen LogP contribution in [0.1, 0.15) is 61.1 Å². The summed E-state index contributed by atoms with van der Waals surface area (Å²) in [6, 6.07) is 36.5. The smallest absolute Gasteiger partial charge is 0.00255 e. The van der Waals surface area contributed by atoms with Crippen molar-refractivity contribution >= 4 is 21.5 Å². The zero-order chi connectivity index (χ0) is 23.9. The molecule has 0 saturated heterocycles. The van der Waals surface area contributed by atoms with Crippen LogP contribution in [0.25, 0.3) is 21.5 Å². The molecule has 172 valence electrons. The van der Waals surface area contributed by atoms with E-state index in [2.05, 4.69) is 111 Å². The Morgan fingerprint density at radius 2 is 0.618 bits per heavy atom. The van der Waals surface area contributed by atoms with Gasteiger partial charge < -0.3 is 0 Å². The Hall–Kier alpha value is -3.38. The number of benzene rings is 5. The second kappa shape index (κ2) is 11.2. The van der Waals surface area contributed by atoms with Crippen molar-refractivity contribution in [1.29, 1.82) is 0 Å². The van der Waals surface area contributed by atoms with Crippen LogP contribution in [0.15, 0.2) is 97.1 Å². The maximum Gasteiger partial charge on any atom is -0.00255 e. The third-order valence-electron chi connectivity index (χ3n) is 6.59. The second-order valence-corrected chi connectivity index (χ2v) is 8.91. The van der Waals surface area contributed by atoms with Gasteiger partial charge in [0.2, 0.25) is 0 Å². The molecule has 0 unspecified atom stereocenters. The summed E-state index contributed by atoms with van der Waals surface area (Å²) in [7, 11) is 0. The molecule has 0 atom stereocenters. The molecule has 0 aliphatic heterocycles. The molecule has 0 bridgehead atoms. The number of fused-ring (bicyclic) bond motifs is 2. The highest BCUT2D eigenvalue weighted by atomic mass is 14.1. The van der Waals surface area contributed by atoms with Gasteiger partial charge in [-0.1, -0.05) is 125 Å². The summed E-state index contributed by atoms with van der Waals surface area (Å²) < 4.78 is 0. The molecule has 0 aliphatic carbocycles. The van der Waals surface area contributed by atoms with Gasteiger partial charge in [-0.15, -0.1) is 0 Å². The first-order valence-corrected chi connectivity index (χ1v) is 12.8. The van der Waals surface area contributed by atoms with Gasteiger partial charge in [0.15, 0.2) is 0 Å². The molecule has 0 N–H and O–H groups in total. The van der Waals surface area contributed by atoms with E-state index in [0.29, 0.717) is 0 Å². The lowest BCUT2D eigenvalue weighted by molar-refractivity contribution is 1.14. The van der Waals surface area contributed by atoms with Gasteiger partial charge in [0, 0.05) is 0 Å². The molecule has 0 nitrogen and oxygen atoms in total. The molecular formula is C34H36. The molecule has 0 saturated carbocycles. The van der Waals surface area contributed by atoms with Crippen LogP contribution in [-0.4, -0.2) is 0 Å². The van der Waals surface area contributed by atoms with Crippen molar-refractivity contribution in [2.24, 2.45) is 0 Å². The molecule has 0 heterocycles. The summed E-state index contributed by atoms with van der Waals surface area (Å²) >= 11 is 0. The first kappa shape index (κ1) is 23.8. The van der Waals surface area contributed by atoms with Crippen LogP contribution >= 0.6 is 0 Å². The van der Waals surface area contributed by atoms with E-state index in [1.165, 1.54) is 54.9 Å². The molecule has 0 heteroatoms. The maximum absolute atomic E-state index is 2.34. The normalized spacial score (nSPS) is 10.8. The van der Waals surface area contributed by atoms with Gasteiger partial charge in [-0.25, -0.2) is 0 Å². The first-order valence-electron chi connectivity index (χ1n) is 12.8. The molecule has 0 radical (unpaired) electrons. The Balaban J connectivity index is 0.00000133. The number of hydrogen-bond acceptors (Lipinski definition) is 0. The summed E-state index contributed by atoms with van der Waals surface area (Å²) in [5.74, 6) is 0. The van der Waals surface area contributed by atoms with E-state index in [1.807, 2.05) is 13.8 Å². The lowest BCUT2D eigenvalue weighted by Gasteiger charge is -2.08. The van der Waals surface area contributed by atoms with Gasteiger partial charge in [-0.3, -0.25) is 0 Å². The van der Waals surface area contributed by atoms with Crippen LogP contribution in [0.4, 0.5) is 0 Å². The van der Waals surface area contributed by atoms with Crippen molar-refractivity contribution in [3.05, 3.63) is 130 Å². The van der Waals surface area contributed by atoms with Crippen LogP contribution in [0, 0.1) is 0 Å². The third kappa shape index (κ3) is 5.57. The predicted molar refractivity (Wildman–Crippen MR) is 150 cm³/mol. The molecule has 0 fully saturated rings. The molecule has 0 spiro atoms. The molecule has 5 rings (SSSR count). The van der Waals surface area contributed by atoms with Crippen molar-refractivity contribution in [2.75, 3.05) is 0 Å². The van der Waals surface area contributed by atoms with Crippen molar-refractivity contribution in [3.63, 3.8) is 0 Å².